The zero-order valence-electron chi connectivity index (χ0n) is 19.1. The summed E-state index contributed by atoms with van der Waals surface area (Å²) in [7, 11) is 0. The van der Waals surface area contributed by atoms with Crippen molar-refractivity contribution in [2.75, 3.05) is 0 Å². The highest BCUT2D eigenvalue weighted by Gasteiger charge is 2.24. The van der Waals surface area contributed by atoms with E-state index in [1.165, 1.54) is 0 Å². The molecule has 0 radical (unpaired) electrons. The molecular weight excluding hydrogens is 418 g/mol. The lowest BCUT2D eigenvalue weighted by Crippen LogP contribution is -2.44. The smallest absolute Gasteiger partial charge is 0.408 e. The summed E-state index contributed by atoms with van der Waals surface area (Å²) in [5, 5.41) is 12.0. The molecule has 0 aliphatic heterocycles. The molecular formula is C27H29NO5. The Bertz CT molecular complexity index is 1090. The van der Waals surface area contributed by atoms with Crippen molar-refractivity contribution < 1.29 is 24.2 Å². The molecule has 3 aromatic rings. The number of carbonyl (C=O) groups is 2. The van der Waals surface area contributed by atoms with E-state index in [1.54, 1.807) is 20.8 Å². The standard InChI is InChI=1S/C27H29NO5/c1-27(2,3)33-26(31)28-24(25(29)30)16-20-11-7-12-21(15-20)22-13-8-14-23(17-22)32-18-19-9-5-4-6-10-19/h4-15,17,24H,16,18H2,1-3H3,(H,28,31)(H,29,30)/t24-/m0/s1. The van der Waals surface area contributed by atoms with Crippen LogP contribution in [-0.2, 0) is 22.6 Å². The maximum absolute atomic E-state index is 12.0. The van der Waals surface area contributed by atoms with E-state index >= 15 is 0 Å². The molecule has 0 aliphatic rings. The third kappa shape index (κ3) is 7.68. The Morgan fingerprint density at radius 2 is 1.52 bits per heavy atom. The maximum Gasteiger partial charge on any atom is 0.408 e. The Morgan fingerprint density at radius 3 is 2.18 bits per heavy atom. The number of benzene rings is 3. The minimum Gasteiger partial charge on any atom is -0.489 e. The molecule has 33 heavy (non-hydrogen) atoms. The number of ether oxygens (including phenoxy) is 2. The molecule has 0 aliphatic carbocycles. The molecule has 0 spiro atoms. The monoisotopic (exact) mass is 447 g/mol. The van der Waals surface area contributed by atoms with Crippen molar-refractivity contribution in [3.8, 4) is 16.9 Å². The minimum absolute atomic E-state index is 0.132. The van der Waals surface area contributed by atoms with Gasteiger partial charge < -0.3 is 19.9 Å². The first-order valence-electron chi connectivity index (χ1n) is 10.8. The maximum atomic E-state index is 12.0. The average molecular weight is 448 g/mol. The Balaban J connectivity index is 1.70. The van der Waals surface area contributed by atoms with Crippen LogP contribution in [0, 0.1) is 0 Å². The number of alkyl carbamates (subject to hydrolysis) is 1. The number of hydrogen-bond acceptors (Lipinski definition) is 4. The summed E-state index contributed by atoms with van der Waals surface area (Å²) >= 11 is 0. The number of amides is 1. The summed E-state index contributed by atoms with van der Waals surface area (Å²) < 4.78 is 11.1. The van der Waals surface area contributed by atoms with Gasteiger partial charge in [-0.3, -0.25) is 0 Å². The third-order valence-corrected chi connectivity index (χ3v) is 4.77. The van der Waals surface area contributed by atoms with Crippen molar-refractivity contribution in [3.05, 3.63) is 90.0 Å². The second-order valence-corrected chi connectivity index (χ2v) is 8.74. The Kier molecular flexibility index (Phi) is 7.72. The summed E-state index contributed by atoms with van der Waals surface area (Å²) in [4.78, 5) is 23.7. The van der Waals surface area contributed by atoms with Crippen molar-refractivity contribution in [2.45, 2.75) is 45.4 Å². The number of hydrogen-bond donors (Lipinski definition) is 2. The van der Waals surface area contributed by atoms with Gasteiger partial charge in [-0.05, 0) is 55.2 Å². The number of carbonyl (C=O) groups excluding carboxylic acids is 1. The van der Waals surface area contributed by atoms with Gasteiger partial charge in [-0.15, -0.1) is 0 Å². The summed E-state index contributed by atoms with van der Waals surface area (Å²) in [6, 6.07) is 24.2. The first-order chi connectivity index (χ1) is 15.7. The van der Waals surface area contributed by atoms with Crippen LogP contribution in [0.25, 0.3) is 11.1 Å². The van der Waals surface area contributed by atoms with Crippen LogP contribution in [0.2, 0.25) is 0 Å². The van der Waals surface area contributed by atoms with E-state index in [2.05, 4.69) is 5.32 Å². The van der Waals surface area contributed by atoms with Gasteiger partial charge in [0.2, 0.25) is 0 Å². The highest BCUT2D eigenvalue weighted by molar-refractivity contribution is 5.80. The van der Waals surface area contributed by atoms with E-state index in [4.69, 9.17) is 9.47 Å². The molecule has 1 atom stereocenters. The van der Waals surface area contributed by atoms with E-state index in [-0.39, 0.29) is 6.42 Å². The van der Waals surface area contributed by atoms with Gasteiger partial charge in [-0.2, -0.15) is 0 Å². The normalized spacial score (nSPS) is 12.0. The molecule has 6 heteroatoms. The summed E-state index contributed by atoms with van der Waals surface area (Å²) in [6.45, 7) is 5.65. The number of aliphatic carboxylic acids is 1. The predicted molar refractivity (Wildman–Crippen MR) is 127 cm³/mol. The third-order valence-electron chi connectivity index (χ3n) is 4.77. The van der Waals surface area contributed by atoms with Gasteiger partial charge in [0.25, 0.3) is 0 Å². The SMILES string of the molecule is CC(C)(C)OC(=O)N[C@@H](Cc1cccc(-c2cccc(OCc3ccccc3)c2)c1)C(=O)O. The first kappa shape index (κ1) is 23.9. The lowest BCUT2D eigenvalue weighted by Gasteiger charge is -2.22. The number of nitrogens with one attached hydrogen (secondary N) is 1. The van der Waals surface area contributed by atoms with Gasteiger partial charge in [0, 0.05) is 6.42 Å². The molecule has 0 heterocycles. The Morgan fingerprint density at radius 1 is 0.879 bits per heavy atom. The van der Waals surface area contributed by atoms with Crippen LogP contribution >= 0.6 is 0 Å². The predicted octanol–water partition coefficient (Wildman–Crippen LogP) is 5.45. The highest BCUT2D eigenvalue weighted by atomic mass is 16.6. The topological polar surface area (TPSA) is 84.9 Å². The molecule has 0 aromatic heterocycles. The lowest BCUT2D eigenvalue weighted by atomic mass is 9.99. The van der Waals surface area contributed by atoms with Crippen LogP contribution in [0.4, 0.5) is 4.79 Å². The minimum atomic E-state index is -1.12. The van der Waals surface area contributed by atoms with Crippen LogP contribution in [0.15, 0.2) is 78.9 Å². The van der Waals surface area contributed by atoms with E-state index in [0.29, 0.717) is 6.61 Å². The molecule has 0 unspecified atom stereocenters. The zero-order valence-corrected chi connectivity index (χ0v) is 19.1. The van der Waals surface area contributed by atoms with Crippen molar-refractivity contribution in [1.82, 2.24) is 5.32 Å². The molecule has 172 valence electrons. The number of rotatable bonds is 8. The van der Waals surface area contributed by atoms with E-state index < -0.39 is 23.7 Å². The molecule has 1 amide bonds. The van der Waals surface area contributed by atoms with Crippen LogP contribution in [0.3, 0.4) is 0 Å². The molecule has 0 saturated heterocycles. The number of carboxylic acids is 1. The van der Waals surface area contributed by atoms with Crippen LogP contribution < -0.4 is 10.1 Å². The fraction of sp³-hybridized carbons (Fsp3) is 0.259. The second kappa shape index (κ2) is 10.7. The van der Waals surface area contributed by atoms with Crippen molar-refractivity contribution in [1.29, 1.82) is 0 Å². The van der Waals surface area contributed by atoms with Crippen LogP contribution in [-0.4, -0.2) is 28.8 Å². The highest BCUT2D eigenvalue weighted by Crippen LogP contribution is 2.25. The molecule has 0 fully saturated rings. The van der Waals surface area contributed by atoms with E-state index in [0.717, 1.165) is 28.0 Å². The Labute approximate surface area is 194 Å². The molecule has 6 nitrogen and oxygen atoms in total. The first-order valence-corrected chi connectivity index (χ1v) is 10.8. The van der Waals surface area contributed by atoms with Crippen molar-refractivity contribution in [3.63, 3.8) is 0 Å². The zero-order chi connectivity index (χ0) is 23.8. The van der Waals surface area contributed by atoms with Gasteiger partial charge in [0.1, 0.15) is 24.0 Å². The van der Waals surface area contributed by atoms with Gasteiger partial charge in [0.15, 0.2) is 0 Å². The average Bonchev–Trinajstić information content (AvgIpc) is 2.77. The van der Waals surface area contributed by atoms with Crippen molar-refractivity contribution >= 4 is 12.1 Å². The largest absolute Gasteiger partial charge is 0.489 e. The second-order valence-electron chi connectivity index (χ2n) is 8.74. The van der Waals surface area contributed by atoms with Gasteiger partial charge >= 0.3 is 12.1 Å². The molecule has 2 N–H and O–H groups in total. The lowest BCUT2D eigenvalue weighted by molar-refractivity contribution is -0.139. The summed E-state index contributed by atoms with van der Waals surface area (Å²) in [6.07, 6.45) is -0.624. The molecule has 0 saturated carbocycles. The molecule has 0 bridgehead atoms. The summed E-state index contributed by atoms with van der Waals surface area (Å²) in [5.41, 5.74) is 3.04. The van der Waals surface area contributed by atoms with Crippen LogP contribution in [0.5, 0.6) is 5.75 Å². The molecule has 3 rings (SSSR count). The van der Waals surface area contributed by atoms with Crippen molar-refractivity contribution in [2.24, 2.45) is 0 Å². The quantitative estimate of drug-likeness (QED) is 0.479. The summed E-state index contributed by atoms with van der Waals surface area (Å²) in [5.74, 6) is -0.376. The van der Waals surface area contributed by atoms with E-state index in [9.17, 15) is 14.7 Å². The molecule has 3 aromatic carbocycles. The van der Waals surface area contributed by atoms with E-state index in [1.807, 2.05) is 78.9 Å². The van der Waals surface area contributed by atoms with Gasteiger partial charge in [0.05, 0.1) is 0 Å². The van der Waals surface area contributed by atoms with Gasteiger partial charge in [-0.25, -0.2) is 9.59 Å². The van der Waals surface area contributed by atoms with Crippen LogP contribution in [0.1, 0.15) is 31.9 Å². The fourth-order valence-corrected chi connectivity index (χ4v) is 3.27. The van der Waals surface area contributed by atoms with Gasteiger partial charge in [-0.1, -0.05) is 66.7 Å². The Hall–Kier alpha value is -3.80. The fourth-order valence-electron chi connectivity index (χ4n) is 3.27. The number of carboxylic acid groups (broad SMARTS) is 1.